The minimum Gasteiger partial charge on any atom is -0.369 e. The van der Waals surface area contributed by atoms with Gasteiger partial charge in [-0.15, -0.1) is 0 Å². The lowest BCUT2D eigenvalue weighted by molar-refractivity contribution is -0.134. The highest BCUT2D eigenvalue weighted by Gasteiger charge is 2.30. The molecule has 4 rings (SSSR count). The van der Waals surface area contributed by atoms with Crippen LogP contribution in [0.15, 0.2) is 24.3 Å². The first-order valence-corrected chi connectivity index (χ1v) is 11.5. The maximum absolute atomic E-state index is 12.8. The Balaban J connectivity index is 1.22. The van der Waals surface area contributed by atoms with Crippen molar-refractivity contribution in [2.24, 2.45) is 0 Å². The molecule has 3 aliphatic rings. The fraction of sp³-hybridized carbons (Fsp3) is 0.652. The van der Waals surface area contributed by atoms with Gasteiger partial charge in [-0.1, -0.05) is 12.5 Å². The first kappa shape index (κ1) is 21.1. The topological polar surface area (TPSA) is 59.1 Å². The number of nitrogens with zero attached hydrogens (tertiary/aromatic N) is 4. The standard InChI is InChI=1S/C23H35N5O2/c1-2-24-23(30)19-5-3-8-21(17-19)27-11-9-25(10-12-27)18-22(29)28-15-13-26(14-16-28)20-6-4-7-20/h3,5,8,17,20H,2,4,6-7,9-16,18H2,1H3,(H,24,30). The van der Waals surface area contributed by atoms with Crippen LogP contribution >= 0.6 is 0 Å². The van der Waals surface area contributed by atoms with E-state index in [0.29, 0.717) is 18.7 Å². The molecule has 1 aromatic carbocycles. The summed E-state index contributed by atoms with van der Waals surface area (Å²) in [7, 11) is 0. The van der Waals surface area contributed by atoms with Crippen LogP contribution in [0, 0.1) is 0 Å². The van der Waals surface area contributed by atoms with Crippen molar-refractivity contribution in [2.75, 3.05) is 70.3 Å². The number of carbonyl (C=O) groups excluding carboxylic acids is 2. The Morgan fingerprint density at radius 1 is 1.00 bits per heavy atom. The molecule has 7 nitrogen and oxygen atoms in total. The summed E-state index contributed by atoms with van der Waals surface area (Å²) in [6.45, 7) is 10.4. The largest absolute Gasteiger partial charge is 0.369 e. The summed E-state index contributed by atoms with van der Waals surface area (Å²) in [6, 6.07) is 8.60. The van der Waals surface area contributed by atoms with Crippen molar-refractivity contribution >= 4 is 17.5 Å². The molecule has 1 saturated carbocycles. The SMILES string of the molecule is CCNC(=O)c1cccc(N2CCN(CC(=O)N3CCN(C4CCC4)CC3)CC2)c1. The normalized spacial score (nSPS) is 21.4. The quantitative estimate of drug-likeness (QED) is 0.761. The van der Waals surface area contributed by atoms with Crippen LogP contribution in [0.3, 0.4) is 0 Å². The van der Waals surface area contributed by atoms with Gasteiger partial charge in [0.15, 0.2) is 0 Å². The second kappa shape index (κ2) is 9.79. The van der Waals surface area contributed by atoms with Gasteiger partial charge < -0.3 is 15.1 Å². The second-order valence-corrected chi connectivity index (χ2v) is 8.67. The van der Waals surface area contributed by atoms with Crippen molar-refractivity contribution in [1.82, 2.24) is 20.0 Å². The summed E-state index contributed by atoms with van der Waals surface area (Å²) in [6.07, 6.45) is 4.04. The van der Waals surface area contributed by atoms with E-state index in [2.05, 4.69) is 31.0 Å². The van der Waals surface area contributed by atoms with Gasteiger partial charge >= 0.3 is 0 Å². The third-order valence-corrected chi connectivity index (χ3v) is 6.80. The number of hydrogen-bond donors (Lipinski definition) is 1. The van der Waals surface area contributed by atoms with Crippen LogP contribution in [0.2, 0.25) is 0 Å². The van der Waals surface area contributed by atoms with Crippen molar-refractivity contribution in [1.29, 1.82) is 0 Å². The molecule has 1 N–H and O–H groups in total. The smallest absolute Gasteiger partial charge is 0.251 e. The number of hydrogen-bond acceptors (Lipinski definition) is 5. The van der Waals surface area contributed by atoms with Gasteiger partial charge in [0.2, 0.25) is 5.91 Å². The molecule has 0 unspecified atom stereocenters. The van der Waals surface area contributed by atoms with E-state index in [4.69, 9.17) is 0 Å². The van der Waals surface area contributed by atoms with E-state index in [1.54, 1.807) is 0 Å². The van der Waals surface area contributed by atoms with Crippen molar-refractivity contribution < 1.29 is 9.59 Å². The lowest BCUT2D eigenvalue weighted by atomic mass is 9.91. The van der Waals surface area contributed by atoms with Gasteiger partial charge in [0, 0.05) is 76.2 Å². The molecule has 0 atom stereocenters. The van der Waals surface area contributed by atoms with Gasteiger partial charge in [0.25, 0.3) is 5.91 Å². The van der Waals surface area contributed by atoms with Gasteiger partial charge in [-0.2, -0.15) is 0 Å². The van der Waals surface area contributed by atoms with Crippen LogP contribution in [-0.2, 0) is 4.79 Å². The summed E-state index contributed by atoms with van der Waals surface area (Å²) in [5.41, 5.74) is 1.78. The minimum atomic E-state index is -0.0269. The molecular weight excluding hydrogens is 378 g/mol. The number of rotatable bonds is 6. The van der Waals surface area contributed by atoms with E-state index in [1.807, 2.05) is 25.1 Å². The molecule has 2 saturated heterocycles. The van der Waals surface area contributed by atoms with Crippen molar-refractivity contribution in [3.63, 3.8) is 0 Å². The average Bonchev–Trinajstić information content (AvgIpc) is 2.74. The fourth-order valence-corrected chi connectivity index (χ4v) is 4.65. The van der Waals surface area contributed by atoms with Crippen LogP contribution in [0.25, 0.3) is 0 Å². The maximum Gasteiger partial charge on any atom is 0.251 e. The lowest BCUT2D eigenvalue weighted by Gasteiger charge is -2.43. The third kappa shape index (κ3) is 4.95. The summed E-state index contributed by atoms with van der Waals surface area (Å²) in [4.78, 5) is 34.1. The molecule has 0 radical (unpaired) electrons. The second-order valence-electron chi connectivity index (χ2n) is 8.67. The number of benzene rings is 1. The highest BCUT2D eigenvalue weighted by molar-refractivity contribution is 5.95. The molecule has 7 heteroatoms. The van der Waals surface area contributed by atoms with Gasteiger partial charge in [-0.05, 0) is 38.0 Å². The Bertz CT molecular complexity index is 735. The number of anilines is 1. The summed E-state index contributed by atoms with van der Waals surface area (Å²) < 4.78 is 0. The molecule has 2 heterocycles. The maximum atomic E-state index is 12.8. The summed E-state index contributed by atoms with van der Waals surface area (Å²) in [5.74, 6) is 0.246. The van der Waals surface area contributed by atoms with E-state index in [9.17, 15) is 9.59 Å². The van der Waals surface area contributed by atoms with Gasteiger partial charge in [0.05, 0.1) is 6.54 Å². The molecule has 2 aliphatic heterocycles. The highest BCUT2D eigenvalue weighted by atomic mass is 16.2. The van der Waals surface area contributed by atoms with Crippen LogP contribution < -0.4 is 10.2 Å². The van der Waals surface area contributed by atoms with Crippen molar-refractivity contribution in [3.8, 4) is 0 Å². The monoisotopic (exact) mass is 413 g/mol. The van der Waals surface area contributed by atoms with Crippen molar-refractivity contribution in [2.45, 2.75) is 32.2 Å². The minimum absolute atomic E-state index is 0.0269. The molecule has 0 spiro atoms. The van der Waals surface area contributed by atoms with Crippen LogP contribution in [0.1, 0.15) is 36.5 Å². The molecule has 164 valence electrons. The van der Waals surface area contributed by atoms with Crippen LogP contribution in [0.5, 0.6) is 0 Å². The Morgan fingerprint density at radius 3 is 2.37 bits per heavy atom. The number of piperazine rings is 2. The summed E-state index contributed by atoms with van der Waals surface area (Å²) >= 11 is 0. The molecule has 3 fully saturated rings. The van der Waals surface area contributed by atoms with E-state index in [0.717, 1.165) is 64.1 Å². The first-order valence-electron chi connectivity index (χ1n) is 11.5. The molecule has 1 aliphatic carbocycles. The number of nitrogens with one attached hydrogen (secondary N) is 1. The third-order valence-electron chi connectivity index (χ3n) is 6.80. The molecule has 0 bridgehead atoms. The Labute approximate surface area is 180 Å². The van der Waals surface area contributed by atoms with Crippen LogP contribution in [0.4, 0.5) is 5.69 Å². The number of carbonyl (C=O) groups is 2. The Kier molecular flexibility index (Phi) is 6.89. The predicted molar refractivity (Wildman–Crippen MR) is 119 cm³/mol. The van der Waals surface area contributed by atoms with Crippen LogP contribution in [-0.4, -0.2) is 98.0 Å². The van der Waals surface area contributed by atoms with Gasteiger partial charge in [-0.25, -0.2) is 0 Å². The van der Waals surface area contributed by atoms with E-state index < -0.39 is 0 Å². The molecule has 2 amide bonds. The van der Waals surface area contributed by atoms with E-state index >= 15 is 0 Å². The molecular formula is C23H35N5O2. The van der Waals surface area contributed by atoms with Crippen molar-refractivity contribution in [3.05, 3.63) is 29.8 Å². The average molecular weight is 414 g/mol. The van der Waals surface area contributed by atoms with Gasteiger partial charge in [0.1, 0.15) is 0 Å². The number of amides is 2. The van der Waals surface area contributed by atoms with E-state index in [-0.39, 0.29) is 11.8 Å². The Hall–Kier alpha value is -2.12. The molecule has 0 aromatic heterocycles. The van der Waals surface area contributed by atoms with E-state index in [1.165, 1.54) is 19.3 Å². The molecule has 1 aromatic rings. The predicted octanol–water partition coefficient (Wildman–Crippen LogP) is 1.26. The first-order chi connectivity index (χ1) is 14.6. The zero-order chi connectivity index (χ0) is 20.9. The fourth-order valence-electron chi connectivity index (χ4n) is 4.65. The Morgan fingerprint density at radius 2 is 1.73 bits per heavy atom. The molecule has 30 heavy (non-hydrogen) atoms. The van der Waals surface area contributed by atoms with Gasteiger partial charge in [-0.3, -0.25) is 19.4 Å². The highest BCUT2D eigenvalue weighted by Crippen LogP contribution is 2.25. The lowest BCUT2D eigenvalue weighted by Crippen LogP contribution is -2.56. The zero-order valence-electron chi connectivity index (χ0n) is 18.2. The summed E-state index contributed by atoms with van der Waals surface area (Å²) in [5, 5.41) is 2.86. The zero-order valence-corrected chi connectivity index (χ0v) is 18.2.